The zero-order chi connectivity index (χ0) is 38.1. The molecular weight excluding hydrogens is 658 g/mol. The van der Waals surface area contributed by atoms with E-state index < -0.39 is 102 Å². The summed E-state index contributed by atoms with van der Waals surface area (Å²) in [4.78, 5) is 98.2. The summed E-state index contributed by atoms with van der Waals surface area (Å²) in [7, 11) is 0. The van der Waals surface area contributed by atoms with Crippen LogP contribution in [0.15, 0.2) is 30.3 Å². The molecule has 0 fully saturated rings. The molecule has 0 aliphatic carbocycles. The molecule has 0 unspecified atom stereocenters. The molecule has 0 aliphatic rings. The van der Waals surface area contributed by atoms with Gasteiger partial charge in [0, 0.05) is 25.3 Å². The van der Waals surface area contributed by atoms with Crippen molar-refractivity contribution < 1.29 is 53.7 Å². The van der Waals surface area contributed by atoms with Crippen LogP contribution in [0.5, 0.6) is 0 Å². The Kier molecular flexibility index (Phi) is 18.1. The van der Waals surface area contributed by atoms with Crippen LogP contribution in [-0.2, 0) is 44.8 Å². The number of carbonyl (C=O) groups is 8. The van der Waals surface area contributed by atoms with Gasteiger partial charge in [-0.15, -0.1) is 0 Å². The number of nitrogens with one attached hydrogen (secondary N) is 5. The zero-order valence-electron chi connectivity index (χ0n) is 28.5. The molecular formula is C32H49N7O11. The Morgan fingerprint density at radius 3 is 1.86 bits per heavy atom. The first-order valence-corrected chi connectivity index (χ1v) is 16.0. The van der Waals surface area contributed by atoms with E-state index in [0.29, 0.717) is 5.56 Å². The Balaban J connectivity index is 2.78. The molecule has 0 radical (unpaired) electrons. The second kappa shape index (κ2) is 21.1. The monoisotopic (exact) mass is 707 g/mol. The Labute approximate surface area is 289 Å². The van der Waals surface area contributed by atoms with Crippen LogP contribution in [0.4, 0.5) is 0 Å². The van der Waals surface area contributed by atoms with E-state index in [4.69, 9.17) is 16.6 Å². The van der Waals surface area contributed by atoms with Crippen molar-refractivity contribution in [2.24, 2.45) is 23.3 Å². The molecule has 0 bridgehead atoms. The molecule has 18 heteroatoms. The average Bonchev–Trinajstić information content (AvgIpc) is 3.04. The van der Waals surface area contributed by atoms with Gasteiger partial charge in [-0.2, -0.15) is 0 Å². The zero-order valence-corrected chi connectivity index (χ0v) is 28.5. The van der Waals surface area contributed by atoms with Crippen molar-refractivity contribution in [3.05, 3.63) is 35.9 Å². The minimum Gasteiger partial charge on any atom is -0.481 e. The van der Waals surface area contributed by atoms with Crippen molar-refractivity contribution in [3.8, 4) is 0 Å². The van der Waals surface area contributed by atoms with E-state index in [9.17, 15) is 48.6 Å². The molecule has 0 saturated heterocycles. The number of rotatable bonds is 22. The van der Waals surface area contributed by atoms with Crippen LogP contribution in [0.25, 0.3) is 0 Å². The van der Waals surface area contributed by atoms with Crippen molar-refractivity contribution in [3.63, 3.8) is 0 Å². The summed E-state index contributed by atoms with van der Waals surface area (Å²) in [5, 5.41) is 41.1. The molecule has 0 aromatic heterocycles. The van der Waals surface area contributed by atoms with Crippen LogP contribution >= 0.6 is 0 Å². The van der Waals surface area contributed by atoms with Crippen molar-refractivity contribution in [2.75, 3.05) is 6.54 Å². The largest absolute Gasteiger partial charge is 0.481 e. The maximum Gasteiger partial charge on any atom is 0.326 e. The topological polar surface area (TPSA) is 309 Å². The van der Waals surface area contributed by atoms with Crippen LogP contribution in [0.1, 0.15) is 58.9 Å². The summed E-state index contributed by atoms with van der Waals surface area (Å²) in [5.74, 6) is -8.59. The molecule has 1 rings (SSSR count). The normalized spacial score (nSPS) is 15.2. The molecule has 1 aromatic carbocycles. The van der Waals surface area contributed by atoms with E-state index in [1.807, 2.05) is 0 Å². The highest BCUT2D eigenvalue weighted by molar-refractivity contribution is 5.94. The lowest BCUT2D eigenvalue weighted by Gasteiger charge is -2.24. The number of aliphatic hydroxyl groups excluding tert-OH is 1. The first-order chi connectivity index (χ1) is 23.3. The van der Waals surface area contributed by atoms with Gasteiger partial charge < -0.3 is 53.4 Å². The van der Waals surface area contributed by atoms with Crippen molar-refractivity contribution in [1.29, 1.82) is 0 Å². The summed E-state index contributed by atoms with van der Waals surface area (Å²) in [6.07, 6.45) is -2.94. The lowest BCUT2D eigenvalue weighted by atomic mass is 10.0. The van der Waals surface area contributed by atoms with E-state index in [1.165, 1.54) is 13.8 Å². The second-order valence-corrected chi connectivity index (χ2v) is 12.4. The Morgan fingerprint density at radius 2 is 1.32 bits per heavy atom. The third-order valence-corrected chi connectivity index (χ3v) is 7.57. The Hall–Kier alpha value is -5.10. The minimum atomic E-state index is -1.44. The van der Waals surface area contributed by atoms with Gasteiger partial charge in [0.2, 0.25) is 35.4 Å². The summed E-state index contributed by atoms with van der Waals surface area (Å²) in [6.45, 7) is 5.76. The van der Waals surface area contributed by atoms with Crippen molar-refractivity contribution >= 4 is 47.4 Å². The molecule has 12 N–H and O–H groups in total. The molecule has 0 spiro atoms. The fourth-order valence-corrected chi connectivity index (χ4v) is 4.50. The summed E-state index contributed by atoms with van der Waals surface area (Å²) < 4.78 is 0. The van der Waals surface area contributed by atoms with Gasteiger partial charge in [0.25, 0.3) is 0 Å². The molecule has 278 valence electrons. The fraction of sp³-hybridized carbons (Fsp3) is 0.562. The summed E-state index contributed by atoms with van der Waals surface area (Å²) in [6, 6.07) is 2.10. The van der Waals surface area contributed by atoms with Crippen LogP contribution < -0.4 is 38.1 Å². The number of benzene rings is 1. The lowest BCUT2D eigenvalue weighted by molar-refractivity contribution is -0.143. The van der Waals surface area contributed by atoms with E-state index in [1.54, 1.807) is 44.2 Å². The lowest BCUT2D eigenvalue weighted by Crippen LogP contribution is -2.56. The second-order valence-electron chi connectivity index (χ2n) is 12.4. The fourth-order valence-electron chi connectivity index (χ4n) is 4.50. The van der Waals surface area contributed by atoms with Crippen LogP contribution in [0.3, 0.4) is 0 Å². The number of primary amides is 1. The van der Waals surface area contributed by atoms with E-state index in [2.05, 4.69) is 26.6 Å². The number of amides is 6. The van der Waals surface area contributed by atoms with Crippen molar-refractivity contribution in [1.82, 2.24) is 26.6 Å². The standard InChI is InChI=1S/C32H49N7O11/c1-16(2)26(34)31(48)38-22(14-24(33)41)29(46)35-15-20(40)12-17(3)27(44)36-18(4)28(45)37-21(10-11-25(42)43)30(47)39-23(32(49)50)13-19-8-6-5-7-9-19/h5-9,16-18,20-23,26,40H,10-15,34H2,1-4H3,(H2,33,41)(H,35,46)(H,36,44)(H,37,45)(H,38,48)(H,39,47)(H,42,43)(H,49,50)/t17-,18+,20+,21+,22-,23+,26-/m1/s1. The molecule has 0 saturated carbocycles. The molecule has 1 aromatic rings. The number of carboxylic acid groups (broad SMARTS) is 2. The van der Waals surface area contributed by atoms with Gasteiger partial charge in [-0.1, -0.05) is 51.1 Å². The molecule has 6 amide bonds. The highest BCUT2D eigenvalue weighted by Gasteiger charge is 2.30. The molecule has 7 atom stereocenters. The van der Waals surface area contributed by atoms with E-state index in [-0.39, 0.29) is 31.7 Å². The first kappa shape index (κ1) is 42.9. The first-order valence-electron chi connectivity index (χ1n) is 16.0. The minimum absolute atomic E-state index is 0.0705. The number of carbonyl (C=O) groups excluding carboxylic acids is 6. The van der Waals surface area contributed by atoms with Gasteiger partial charge in [0.1, 0.15) is 24.2 Å². The third kappa shape index (κ3) is 15.9. The molecule has 0 heterocycles. The van der Waals surface area contributed by atoms with Crippen LogP contribution in [0, 0.1) is 11.8 Å². The SMILES string of the molecule is CC(C)[C@@H](N)C(=O)N[C@H](CC(N)=O)C(=O)NC[C@@H](O)C[C@@H](C)C(=O)N[C@@H](C)C(=O)N[C@@H](CCC(=O)O)C(=O)N[C@@H](Cc1ccccc1)C(=O)O. The molecule has 18 nitrogen and oxygen atoms in total. The number of nitrogens with two attached hydrogens (primary N) is 2. The van der Waals surface area contributed by atoms with Gasteiger partial charge in [0.15, 0.2) is 0 Å². The summed E-state index contributed by atoms with van der Waals surface area (Å²) >= 11 is 0. The van der Waals surface area contributed by atoms with E-state index in [0.717, 1.165) is 0 Å². The maximum atomic E-state index is 13.0. The van der Waals surface area contributed by atoms with Gasteiger partial charge in [-0.05, 0) is 31.2 Å². The van der Waals surface area contributed by atoms with Gasteiger partial charge in [-0.25, -0.2) is 4.79 Å². The highest BCUT2D eigenvalue weighted by atomic mass is 16.4. The molecule has 0 aliphatic heterocycles. The predicted octanol–water partition coefficient (Wildman–Crippen LogP) is -2.50. The number of hydrogen-bond donors (Lipinski definition) is 10. The smallest absolute Gasteiger partial charge is 0.326 e. The van der Waals surface area contributed by atoms with Gasteiger partial charge in [-0.3, -0.25) is 33.6 Å². The predicted molar refractivity (Wildman–Crippen MR) is 177 cm³/mol. The third-order valence-electron chi connectivity index (χ3n) is 7.57. The highest BCUT2D eigenvalue weighted by Crippen LogP contribution is 2.09. The van der Waals surface area contributed by atoms with Gasteiger partial charge >= 0.3 is 11.9 Å². The van der Waals surface area contributed by atoms with E-state index >= 15 is 0 Å². The summed E-state index contributed by atoms with van der Waals surface area (Å²) in [5.41, 5.74) is 11.6. The van der Waals surface area contributed by atoms with Crippen LogP contribution in [-0.4, -0.2) is 106 Å². The van der Waals surface area contributed by atoms with Crippen molar-refractivity contribution in [2.45, 2.75) is 96.1 Å². The average molecular weight is 708 g/mol. The van der Waals surface area contributed by atoms with Crippen LogP contribution in [0.2, 0.25) is 0 Å². The number of hydrogen-bond acceptors (Lipinski definition) is 10. The van der Waals surface area contributed by atoms with Gasteiger partial charge in [0.05, 0.1) is 18.6 Å². The Bertz CT molecular complexity index is 1360. The number of aliphatic hydroxyl groups is 1. The molecule has 50 heavy (non-hydrogen) atoms. The maximum absolute atomic E-state index is 13.0. The number of carboxylic acids is 2. The Morgan fingerprint density at radius 1 is 0.740 bits per heavy atom. The number of aliphatic carboxylic acids is 2. The quantitative estimate of drug-likeness (QED) is 0.0598.